The highest BCUT2D eigenvalue weighted by atomic mass is 35.5. The summed E-state index contributed by atoms with van der Waals surface area (Å²) < 4.78 is 0. The third-order valence-corrected chi connectivity index (χ3v) is 7.22. The predicted molar refractivity (Wildman–Crippen MR) is 140 cm³/mol. The van der Waals surface area contributed by atoms with Crippen molar-refractivity contribution < 1.29 is 4.79 Å². The van der Waals surface area contributed by atoms with E-state index in [0.29, 0.717) is 12.2 Å². The van der Waals surface area contributed by atoms with Crippen LogP contribution in [0, 0.1) is 5.92 Å². The molecule has 0 radical (unpaired) electrons. The summed E-state index contributed by atoms with van der Waals surface area (Å²) in [6.07, 6.45) is 2.50. The standard InChI is InChI=1S/C29H33ClN2O/c1-31(2)25-14-7-21(8-15-25)29(22-9-16-26(17-10-22)32(3)4)27-18-11-23(19-28(27)33)20-5-12-24(30)13-6-20/h5-10,12-17,23,27,29H,11,18-19H2,1-4H3/t23-,27+/m0/s1. The molecule has 3 aromatic rings. The fourth-order valence-corrected chi connectivity index (χ4v) is 5.15. The van der Waals surface area contributed by atoms with Gasteiger partial charge in [-0.1, -0.05) is 48.0 Å². The topological polar surface area (TPSA) is 23.6 Å². The van der Waals surface area contributed by atoms with Gasteiger partial charge in [0, 0.05) is 62.8 Å². The number of benzene rings is 3. The van der Waals surface area contributed by atoms with Crippen molar-refractivity contribution in [1.82, 2.24) is 0 Å². The third kappa shape index (κ3) is 5.25. The maximum atomic E-state index is 13.5. The van der Waals surface area contributed by atoms with Gasteiger partial charge in [0.15, 0.2) is 0 Å². The van der Waals surface area contributed by atoms with Crippen LogP contribution in [-0.4, -0.2) is 34.0 Å². The van der Waals surface area contributed by atoms with Gasteiger partial charge in [-0.05, 0) is 71.8 Å². The first-order chi connectivity index (χ1) is 15.8. The molecule has 172 valence electrons. The Morgan fingerprint density at radius 2 is 1.21 bits per heavy atom. The van der Waals surface area contributed by atoms with Crippen LogP contribution >= 0.6 is 11.6 Å². The van der Waals surface area contributed by atoms with Gasteiger partial charge in [-0.2, -0.15) is 0 Å². The molecule has 0 amide bonds. The van der Waals surface area contributed by atoms with Crippen molar-refractivity contribution in [3.05, 3.63) is 94.5 Å². The van der Waals surface area contributed by atoms with Crippen LogP contribution in [0.2, 0.25) is 5.02 Å². The van der Waals surface area contributed by atoms with Crippen LogP contribution in [0.25, 0.3) is 0 Å². The van der Waals surface area contributed by atoms with E-state index < -0.39 is 0 Å². The summed E-state index contributed by atoms with van der Waals surface area (Å²) in [6, 6.07) is 25.4. The minimum Gasteiger partial charge on any atom is -0.378 e. The number of hydrogen-bond acceptors (Lipinski definition) is 3. The highest BCUT2D eigenvalue weighted by Crippen LogP contribution is 2.43. The summed E-state index contributed by atoms with van der Waals surface area (Å²) in [6.45, 7) is 0. The van der Waals surface area contributed by atoms with Crippen molar-refractivity contribution in [1.29, 1.82) is 0 Å². The predicted octanol–water partition coefficient (Wildman–Crippen LogP) is 6.76. The van der Waals surface area contributed by atoms with E-state index in [9.17, 15) is 4.79 Å². The third-order valence-electron chi connectivity index (χ3n) is 6.97. The summed E-state index contributed by atoms with van der Waals surface area (Å²) in [7, 11) is 8.20. The van der Waals surface area contributed by atoms with Crippen molar-refractivity contribution in [3.8, 4) is 0 Å². The number of ketones is 1. The number of rotatable bonds is 6. The highest BCUT2D eigenvalue weighted by molar-refractivity contribution is 6.30. The Kier molecular flexibility index (Phi) is 7.09. The Labute approximate surface area is 203 Å². The van der Waals surface area contributed by atoms with Crippen LogP contribution in [0.4, 0.5) is 11.4 Å². The number of carbonyl (C=O) groups is 1. The van der Waals surface area contributed by atoms with Gasteiger partial charge in [-0.25, -0.2) is 0 Å². The van der Waals surface area contributed by atoms with Crippen LogP contribution in [-0.2, 0) is 4.79 Å². The molecule has 1 aliphatic carbocycles. The van der Waals surface area contributed by atoms with Gasteiger partial charge in [0.25, 0.3) is 0 Å². The lowest BCUT2D eigenvalue weighted by atomic mass is 9.69. The van der Waals surface area contributed by atoms with Crippen LogP contribution < -0.4 is 9.80 Å². The Bertz CT molecular complexity index is 1020. The molecule has 0 unspecified atom stereocenters. The molecule has 1 fully saturated rings. The number of nitrogens with zero attached hydrogens (tertiary/aromatic N) is 2. The Balaban J connectivity index is 1.64. The van der Waals surface area contributed by atoms with Crippen LogP contribution in [0.1, 0.15) is 47.8 Å². The van der Waals surface area contributed by atoms with Crippen LogP contribution in [0.3, 0.4) is 0 Å². The lowest BCUT2D eigenvalue weighted by molar-refractivity contribution is -0.125. The second-order valence-electron chi connectivity index (χ2n) is 9.55. The summed E-state index contributed by atoms with van der Waals surface area (Å²) in [5.74, 6) is 0.693. The first-order valence-corrected chi connectivity index (χ1v) is 12.0. The van der Waals surface area contributed by atoms with E-state index in [0.717, 1.165) is 17.9 Å². The Morgan fingerprint density at radius 3 is 1.64 bits per heavy atom. The van der Waals surface area contributed by atoms with E-state index in [4.69, 9.17) is 11.6 Å². The number of halogens is 1. The second-order valence-corrected chi connectivity index (χ2v) is 9.99. The Morgan fingerprint density at radius 1 is 0.727 bits per heavy atom. The number of carbonyl (C=O) groups excluding carboxylic acids is 1. The highest BCUT2D eigenvalue weighted by Gasteiger charge is 2.36. The maximum absolute atomic E-state index is 13.5. The molecule has 4 heteroatoms. The lowest BCUT2D eigenvalue weighted by Crippen LogP contribution is -2.29. The van der Waals surface area contributed by atoms with Crippen molar-refractivity contribution in [2.24, 2.45) is 5.92 Å². The number of Topliss-reactive ketones (excluding diaryl/α,β-unsaturated/α-hetero) is 1. The second kappa shape index (κ2) is 10.0. The summed E-state index contributed by atoms with van der Waals surface area (Å²) in [5.41, 5.74) is 5.97. The first kappa shape index (κ1) is 23.4. The zero-order valence-electron chi connectivity index (χ0n) is 20.0. The van der Waals surface area contributed by atoms with E-state index in [2.05, 4.69) is 70.5 Å². The average Bonchev–Trinajstić information content (AvgIpc) is 2.81. The summed E-state index contributed by atoms with van der Waals surface area (Å²) in [4.78, 5) is 17.7. The number of hydrogen-bond donors (Lipinski definition) is 0. The average molecular weight is 461 g/mol. The van der Waals surface area contributed by atoms with Gasteiger partial charge in [0.2, 0.25) is 0 Å². The molecule has 0 heterocycles. The number of anilines is 2. The van der Waals surface area contributed by atoms with Crippen molar-refractivity contribution in [2.75, 3.05) is 38.0 Å². The van der Waals surface area contributed by atoms with E-state index in [1.54, 1.807) is 0 Å². The van der Waals surface area contributed by atoms with Gasteiger partial charge in [0.1, 0.15) is 5.78 Å². The zero-order chi connectivity index (χ0) is 23.5. The lowest BCUT2D eigenvalue weighted by Gasteiger charge is -2.34. The summed E-state index contributed by atoms with van der Waals surface area (Å²) in [5, 5.41) is 0.737. The molecule has 0 spiro atoms. The minimum atomic E-state index is -0.0102. The monoisotopic (exact) mass is 460 g/mol. The fraction of sp³-hybridized carbons (Fsp3) is 0.345. The molecular formula is C29H33ClN2O. The van der Waals surface area contributed by atoms with E-state index in [-0.39, 0.29) is 17.8 Å². The molecule has 33 heavy (non-hydrogen) atoms. The normalized spacial score (nSPS) is 18.4. The molecular weight excluding hydrogens is 428 g/mol. The molecule has 0 N–H and O–H groups in total. The van der Waals surface area contributed by atoms with Gasteiger partial charge in [-0.15, -0.1) is 0 Å². The largest absolute Gasteiger partial charge is 0.378 e. The van der Waals surface area contributed by atoms with Gasteiger partial charge >= 0.3 is 0 Å². The van der Waals surface area contributed by atoms with Crippen molar-refractivity contribution in [3.63, 3.8) is 0 Å². The molecule has 0 aliphatic heterocycles. The molecule has 0 bridgehead atoms. The quantitative estimate of drug-likeness (QED) is 0.406. The summed E-state index contributed by atoms with van der Waals surface area (Å²) >= 11 is 6.07. The molecule has 1 saturated carbocycles. The van der Waals surface area contributed by atoms with Crippen LogP contribution in [0.5, 0.6) is 0 Å². The van der Waals surface area contributed by atoms with Crippen LogP contribution in [0.15, 0.2) is 72.8 Å². The molecule has 3 nitrogen and oxygen atoms in total. The van der Waals surface area contributed by atoms with Crippen molar-refractivity contribution in [2.45, 2.75) is 31.1 Å². The van der Waals surface area contributed by atoms with Gasteiger partial charge in [-0.3, -0.25) is 4.79 Å². The smallest absolute Gasteiger partial charge is 0.137 e. The van der Waals surface area contributed by atoms with E-state index in [1.807, 2.05) is 40.3 Å². The van der Waals surface area contributed by atoms with Gasteiger partial charge in [0.05, 0.1) is 0 Å². The SMILES string of the molecule is CN(C)c1ccc(C(c2ccc(N(C)C)cc2)[C@@H]2CC[C@H](c3ccc(Cl)cc3)CC2=O)cc1. The van der Waals surface area contributed by atoms with Gasteiger partial charge < -0.3 is 9.80 Å². The maximum Gasteiger partial charge on any atom is 0.137 e. The van der Waals surface area contributed by atoms with Crippen molar-refractivity contribution >= 4 is 28.8 Å². The molecule has 2 atom stereocenters. The first-order valence-electron chi connectivity index (χ1n) is 11.7. The molecule has 4 rings (SSSR count). The Hall–Kier alpha value is -2.78. The molecule has 0 saturated heterocycles. The fourth-order valence-electron chi connectivity index (χ4n) is 5.03. The van der Waals surface area contributed by atoms with E-state index >= 15 is 0 Å². The zero-order valence-corrected chi connectivity index (χ0v) is 20.7. The minimum absolute atomic E-state index is 0.0102. The van der Waals surface area contributed by atoms with E-state index in [1.165, 1.54) is 28.1 Å². The molecule has 1 aliphatic rings. The molecule has 3 aromatic carbocycles. The molecule has 0 aromatic heterocycles.